The Morgan fingerprint density at radius 3 is 2.22 bits per heavy atom. The van der Waals surface area contributed by atoms with E-state index in [0.29, 0.717) is 0 Å². The zero-order valence-electron chi connectivity index (χ0n) is 8.39. The van der Waals surface area contributed by atoms with Gasteiger partial charge in [0.1, 0.15) is 11.6 Å². The summed E-state index contributed by atoms with van der Waals surface area (Å²) >= 11 is 14.1. The number of nitrogens with zero attached hydrogens (tertiary/aromatic N) is 3. The van der Waals surface area contributed by atoms with Gasteiger partial charge in [0.2, 0.25) is 16.5 Å². The quantitative estimate of drug-likeness (QED) is 0.828. The Kier molecular flexibility index (Phi) is 3.94. The molecule has 2 aromatic rings. The van der Waals surface area contributed by atoms with Gasteiger partial charge in [-0.3, -0.25) is 0 Å². The molecule has 0 atom stereocenters. The predicted octanol–water partition coefficient (Wildman–Crippen LogP) is 3.96. The molecule has 0 bridgehead atoms. The second kappa shape index (κ2) is 5.29. The molecule has 0 amide bonds. The molecule has 0 aliphatic carbocycles. The summed E-state index contributed by atoms with van der Waals surface area (Å²) in [6, 6.07) is 1.92. The van der Waals surface area contributed by atoms with Gasteiger partial charge < -0.3 is 5.32 Å². The van der Waals surface area contributed by atoms with Crippen LogP contribution in [0.5, 0.6) is 0 Å². The predicted molar refractivity (Wildman–Crippen MR) is 67.2 cm³/mol. The molecule has 0 spiro atoms. The lowest BCUT2D eigenvalue weighted by Crippen LogP contribution is -2.01. The van der Waals surface area contributed by atoms with E-state index < -0.39 is 11.6 Å². The number of rotatable bonds is 2. The maximum atomic E-state index is 13.5. The van der Waals surface area contributed by atoms with E-state index in [4.69, 9.17) is 23.2 Å². The standard InChI is InChI=1S/C9H3BrCl2F2N4/c10-3-1-6(5(14)2-4(3)13)15-9-17-7(11)16-8(12)18-9/h1-2H,(H,15,16,17,18). The van der Waals surface area contributed by atoms with E-state index in [1.165, 1.54) is 6.07 Å². The van der Waals surface area contributed by atoms with Crippen LogP contribution in [0.25, 0.3) is 0 Å². The van der Waals surface area contributed by atoms with E-state index in [1.807, 2.05) is 0 Å². The molecule has 1 N–H and O–H groups in total. The number of halogens is 5. The van der Waals surface area contributed by atoms with Gasteiger partial charge in [-0.2, -0.15) is 15.0 Å². The second-order valence-electron chi connectivity index (χ2n) is 3.07. The maximum absolute atomic E-state index is 13.5. The first kappa shape index (κ1) is 13.4. The molecule has 0 saturated carbocycles. The highest BCUT2D eigenvalue weighted by Crippen LogP contribution is 2.25. The van der Waals surface area contributed by atoms with E-state index in [-0.39, 0.29) is 26.7 Å². The van der Waals surface area contributed by atoms with E-state index in [9.17, 15) is 8.78 Å². The van der Waals surface area contributed by atoms with Crippen molar-refractivity contribution in [3.8, 4) is 0 Å². The summed E-state index contributed by atoms with van der Waals surface area (Å²) in [4.78, 5) is 10.9. The first-order chi connectivity index (χ1) is 8.45. The van der Waals surface area contributed by atoms with Gasteiger partial charge in [-0.15, -0.1) is 0 Å². The van der Waals surface area contributed by atoms with Crippen LogP contribution < -0.4 is 5.32 Å². The molecule has 94 valence electrons. The van der Waals surface area contributed by atoms with Crippen molar-refractivity contribution in [3.05, 3.63) is 38.8 Å². The molecule has 4 nitrogen and oxygen atoms in total. The third-order valence-corrected chi connectivity index (χ3v) is 2.78. The fraction of sp³-hybridized carbons (Fsp3) is 0. The number of nitrogens with one attached hydrogen (secondary N) is 1. The van der Waals surface area contributed by atoms with Gasteiger partial charge in [0.15, 0.2) is 0 Å². The fourth-order valence-electron chi connectivity index (χ4n) is 1.12. The first-order valence-electron chi connectivity index (χ1n) is 4.44. The molecule has 9 heteroatoms. The Hall–Kier alpha value is -1.05. The molecule has 0 saturated heterocycles. The summed E-state index contributed by atoms with van der Waals surface area (Å²) in [7, 11) is 0. The molecule has 0 fully saturated rings. The molecular weight excluding hydrogens is 353 g/mol. The van der Waals surface area contributed by atoms with Gasteiger partial charge >= 0.3 is 0 Å². The van der Waals surface area contributed by atoms with Crippen molar-refractivity contribution in [3.63, 3.8) is 0 Å². The van der Waals surface area contributed by atoms with E-state index in [1.54, 1.807) is 0 Å². The van der Waals surface area contributed by atoms with Crippen LogP contribution >= 0.6 is 39.1 Å². The minimum Gasteiger partial charge on any atom is -0.321 e. The third-order valence-electron chi connectivity index (χ3n) is 1.84. The van der Waals surface area contributed by atoms with Crippen LogP contribution in [-0.4, -0.2) is 15.0 Å². The van der Waals surface area contributed by atoms with Gasteiger partial charge in [-0.05, 0) is 45.2 Å². The summed E-state index contributed by atoms with van der Waals surface area (Å²) < 4.78 is 26.6. The van der Waals surface area contributed by atoms with Crippen molar-refractivity contribution in [1.82, 2.24) is 15.0 Å². The SMILES string of the molecule is Fc1cc(F)c(Nc2nc(Cl)nc(Cl)n2)cc1Br. The molecule has 2 rings (SSSR count). The highest BCUT2D eigenvalue weighted by atomic mass is 79.9. The van der Waals surface area contributed by atoms with Crippen LogP contribution in [0.3, 0.4) is 0 Å². The summed E-state index contributed by atoms with van der Waals surface area (Å²) in [5.41, 5.74) is -0.0263. The summed E-state index contributed by atoms with van der Waals surface area (Å²) in [5, 5.41) is 2.24. The number of hydrogen-bond donors (Lipinski definition) is 1. The molecule has 0 radical (unpaired) electrons. The summed E-state index contributed by atoms with van der Waals surface area (Å²) in [6.07, 6.45) is 0. The zero-order chi connectivity index (χ0) is 13.3. The average Bonchev–Trinajstić information content (AvgIpc) is 2.24. The summed E-state index contributed by atoms with van der Waals surface area (Å²) in [5.74, 6) is -1.56. The molecule has 0 aliphatic heterocycles. The van der Waals surface area contributed by atoms with Crippen molar-refractivity contribution in [2.24, 2.45) is 0 Å². The lowest BCUT2D eigenvalue weighted by atomic mass is 10.3. The number of benzene rings is 1. The smallest absolute Gasteiger partial charge is 0.232 e. The van der Waals surface area contributed by atoms with Crippen LogP contribution in [0.1, 0.15) is 0 Å². The van der Waals surface area contributed by atoms with Crippen LogP contribution in [0.2, 0.25) is 10.6 Å². The van der Waals surface area contributed by atoms with E-state index in [2.05, 4.69) is 36.2 Å². The van der Waals surface area contributed by atoms with Gasteiger partial charge in [-0.1, -0.05) is 0 Å². The Morgan fingerprint density at radius 2 is 1.61 bits per heavy atom. The van der Waals surface area contributed by atoms with Crippen molar-refractivity contribution in [2.45, 2.75) is 0 Å². The number of hydrogen-bond acceptors (Lipinski definition) is 4. The Bertz CT molecular complexity index is 591. The monoisotopic (exact) mass is 354 g/mol. The van der Waals surface area contributed by atoms with Gasteiger partial charge in [0.25, 0.3) is 0 Å². The van der Waals surface area contributed by atoms with Gasteiger partial charge in [0.05, 0.1) is 10.2 Å². The molecule has 0 unspecified atom stereocenters. The van der Waals surface area contributed by atoms with Crippen molar-refractivity contribution in [1.29, 1.82) is 0 Å². The van der Waals surface area contributed by atoms with Crippen LogP contribution in [0, 0.1) is 11.6 Å². The highest BCUT2D eigenvalue weighted by Gasteiger charge is 2.10. The maximum Gasteiger partial charge on any atom is 0.232 e. The van der Waals surface area contributed by atoms with Crippen molar-refractivity contribution in [2.75, 3.05) is 5.32 Å². The highest BCUT2D eigenvalue weighted by molar-refractivity contribution is 9.10. The number of aromatic nitrogens is 3. The second-order valence-corrected chi connectivity index (χ2v) is 4.60. The zero-order valence-corrected chi connectivity index (χ0v) is 11.5. The van der Waals surface area contributed by atoms with E-state index in [0.717, 1.165) is 6.07 Å². The van der Waals surface area contributed by atoms with Gasteiger partial charge in [-0.25, -0.2) is 8.78 Å². The molecule has 1 heterocycles. The Balaban J connectivity index is 2.36. The minimum atomic E-state index is -0.802. The van der Waals surface area contributed by atoms with Crippen molar-refractivity contribution >= 4 is 50.8 Å². The fourth-order valence-corrected chi connectivity index (χ4v) is 1.83. The Labute approximate surface area is 119 Å². The molecule has 18 heavy (non-hydrogen) atoms. The van der Waals surface area contributed by atoms with Crippen LogP contribution in [0.15, 0.2) is 16.6 Å². The average molecular weight is 356 g/mol. The summed E-state index contributed by atoms with van der Waals surface area (Å²) in [6.45, 7) is 0. The van der Waals surface area contributed by atoms with Crippen LogP contribution in [-0.2, 0) is 0 Å². The van der Waals surface area contributed by atoms with Gasteiger partial charge in [0, 0.05) is 6.07 Å². The third kappa shape index (κ3) is 3.04. The number of anilines is 2. The Morgan fingerprint density at radius 1 is 1.00 bits per heavy atom. The molecular formula is C9H3BrCl2F2N4. The van der Waals surface area contributed by atoms with Crippen molar-refractivity contribution < 1.29 is 8.78 Å². The van der Waals surface area contributed by atoms with E-state index >= 15 is 0 Å². The largest absolute Gasteiger partial charge is 0.321 e. The van der Waals surface area contributed by atoms with Crippen LogP contribution in [0.4, 0.5) is 20.4 Å². The normalized spacial score (nSPS) is 10.5. The molecule has 0 aliphatic rings. The lowest BCUT2D eigenvalue weighted by molar-refractivity contribution is 0.581. The topological polar surface area (TPSA) is 50.7 Å². The first-order valence-corrected chi connectivity index (χ1v) is 5.99. The minimum absolute atomic E-state index is 0.0263. The molecule has 1 aromatic heterocycles. The lowest BCUT2D eigenvalue weighted by Gasteiger charge is -2.07. The molecule has 1 aromatic carbocycles.